The molecule has 3 heteroatoms. The molecule has 2 atom stereocenters. The molecule has 0 unspecified atom stereocenters. The molecule has 0 heterocycles. The Kier molecular flexibility index (Phi) is 4.37. The van der Waals surface area contributed by atoms with Gasteiger partial charge in [-0.3, -0.25) is 0 Å². The first-order chi connectivity index (χ1) is 8.25. The molecule has 1 saturated carbocycles. The molecule has 0 bridgehead atoms. The largest absolute Gasteiger partial charge is 0.359 e. The zero-order valence-electron chi connectivity index (χ0n) is 10.3. The summed E-state index contributed by atoms with van der Waals surface area (Å²) in [6, 6.07) is 10.6. The molecule has 0 aliphatic heterocycles. The molecule has 0 amide bonds. The number of rotatable bonds is 2. The highest BCUT2D eigenvalue weighted by Gasteiger charge is 2.21. The van der Waals surface area contributed by atoms with E-state index in [9.17, 15) is 0 Å². The van der Waals surface area contributed by atoms with E-state index in [1.165, 1.54) is 25.7 Å². The second kappa shape index (κ2) is 6.01. The van der Waals surface area contributed by atoms with Gasteiger partial charge in [-0.2, -0.15) is 0 Å². The fraction of sp³-hybridized carbons (Fsp3) is 0.500. The minimum absolute atomic E-state index is 0.535. The molecule has 1 aliphatic rings. The molecule has 2 rings (SSSR count). The first-order valence-corrected chi connectivity index (χ1v) is 6.79. The molecule has 1 aromatic rings. The number of thiocarbonyl (C=S) groups is 1. The standard InChI is InChI=1S/C14H20N2S/c1-11-7-5-6-10-13(11)16-14(17)15-12-8-3-2-4-9-12/h2-4,8-9,11,13H,5-7,10H2,1H3,(H2,15,16,17)/t11-,13+/m0/s1. The summed E-state index contributed by atoms with van der Waals surface area (Å²) in [7, 11) is 0. The van der Waals surface area contributed by atoms with Crippen molar-refractivity contribution in [2.75, 3.05) is 5.32 Å². The second-order valence-electron chi connectivity index (χ2n) is 4.83. The Bertz CT molecular complexity index is 364. The molecule has 17 heavy (non-hydrogen) atoms. The highest BCUT2D eigenvalue weighted by Crippen LogP contribution is 2.23. The van der Waals surface area contributed by atoms with Gasteiger partial charge in [0.05, 0.1) is 0 Å². The van der Waals surface area contributed by atoms with Gasteiger partial charge in [-0.15, -0.1) is 0 Å². The van der Waals surface area contributed by atoms with Crippen LogP contribution in [0.3, 0.4) is 0 Å². The van der Waals surface area contributed by atoms with Crippen LogP contribution in [0, 0.1) is 5.92 Å². The van der Waals surface area contributed by atoms with E-state index in [0.717, 1.165) is 16.7 Å². The lowest BCUT2D eigenvalue weighted by Gasteiger charge is -2.30. The van der Waals surface area contributed by atoms with Gasteiger partial charge in [-0.25, -0.2) is 0 Å². The molecule has 2 nitrogen and oxygen atoms in total. The van der Waals surface area contributed by atoms with E-state index in [1.54, 1.807) is 0 Å². The molecule has 1 aromatic carbocycles. The molecular weight excluding hydrogens is 228 g/mol. The van der Waals surface area contributed by atoms with Crippen LogP contribution in [0.4, 0.5) is 5.69 Å². The van der Waals surface area contributed by atoms with E-state index in [4.69, 9.17) is 12.2 Å². The van der Waals surface area contributed by atoms with Crippen LogP contribution in [-0.2, 0) is 0 Å². The summed E-state index contributed by atoms with van der Waals surface area (Å²) in [6.07, 6.45) is 5.22. The SMILES string of the molecule is C[C@H]1CCCC[C@H]1NC(=S)Nc1ccccc1. The van der Waals surface area contributed by atoms with Crippen LogP contribution < -0.4 is 10.6 Å². The van der Waals surface area contributed by atoms with Crippen LogP contribution in [0.25, 0.3) is 0 Å². The molecule has 0 spiro atoms. The van der Waals surface area contributed by atoms with Crippen molar-refractivity contribution in [1.82, 2.24) is 5.32 Å². The summed E-state index contributed by atoms with van der Waals surface area (Å²) in [5.41, 5.74) is 1.05. The summed E-state index contributed by atoms with van der Waals surface area (Å²) in [6.45, 7) is 2.31. The normalized spacial score (nSPS) is 24.1. The third-order valence-electron chi connectivity index (χ3n) is 3.46. The highest BCUT2D eigenvalue weighted by atomic mass is 32.1. The Labute approximate surface area is 109 Å². The van der Waals surface area contributed by atoms with E-state index < -0.39 is 0 Å². The molecule has 0 aromatic heterocycles. The fourth-order valence-corrected chi connectivity index (χ4v) is 2.66. The summed E-state index contributed by atoms with van der Waals surface area (Å²) >= 11 is 5.35. The third kappa shape index (κ3) is 3.70. The molecule has 0 saturated heterocycles. The molecule has 0 radical (unpaired) electrons. The van der Waals surface area contributed by atoms with E-state index >= 15 is 0 Å². The van der Waals surface area contributed by atoms with Gasteiger partial charge in [-0.1, -0.05) is 38.0 Å². The van der Waals surface area contributed by atoms with Crippen molar-refractivity contribution in [2.24, 2.45) is 5.92 Å². The number of para-hydroxylation sites is 1. The predicted octanol–water partition coefficient (Wildman–Crippen LogP) is 3.55. The average Bonchev–Trinajstić information content (AvgIpc) is 2.33. The maximum absolute atomic E-state index is 5.35. The van der Waals surface area contributed by atoms with Gasteiger partial charge in [0, 0.05) is 11.7 Å². The Hall–Kier alpha value is -1.09. The quantitative estimate of drug-likeness (QED) is 0.783. The van der Waals surface area contributed by atoms with Crippen LogP contribution in [0.2, 0.25) is 0 Å². The minimum Gasteiger partial charge on any atom is -0.359 e. The smallest absolute Gasteiger partial charge is 0.171 e. The van der Waals surface area contributed by atoms with Crippen LogP contribution in [0.1, 0.15) is 32.6 Å². The third-order valence-corrected chi connectivity index (χ3v) is 3.68. The van der Waals surface area contributed by atoms with Crippen molar-refractivity contribution >= 4 is 23.0 Å². The van der Waals surface area contributed by atoms with Crippen molar-refractivity contribution < 1.29 is 0 Å². The Morgan fingerprint density at radius 1 is 1.18 bits per heavy atom. The molecule has 92 valence electrons. The first-order valence-electron chi connectivity index (χ1n) is 6.38. The predicted molar refractivity (Wildman–Crippen MR) is 77.2 cm³/mol. The Morgan fingerprint density at radius 2 is 1.88 bits per heavy atom. The maximum atomic E-state index is 5.35. The van der Waals surface area contributed by atoms with Crippen LogP contribution >= 0.6 is 12.2 Å². The van der Waals surface area contributed by atoms with Crippen molar-refractivity contribution in [2.45, 2.75) is 38.6 Å². The first kappa shape index (κ1) is 12.4. The lowest BCUT2D eigenvalue weighted by molar-refractivity contribution is 0.309. The summed E-state index contributed by atoms with van der Waals surface area (Å²) < 4.78 is 0. The zero-order valence-corrected chi connectivity index (χ0v) is 11.1. The van der Waals surface area contributed by atoms with Crippen molar-refractivity contribution in [3.63, 3.8) is 0 Å². The van der Waals surface area contributed by atoms with Crippen molar-refractivity contribution in [1.29, 1.82) is 0 Å². The van der Waals surface area contributed by atoms with Gasteiger partial charge in [-0.05, 0) is 43.1 Å². The topological polar surface area (TPSA) is 24.1 Å². The van der Waals surface area contributed by atoms with E-state index in [1.807, 2.05) is 30.3 Å². The maximum Gasteiger partial charge on any atom is 0.171 e. The van der Waals surface area contributed by atoms with Gasteiger partial charge in [0.25, 0.3) is 0 Å². The van der Waals surface area contributed by atoms with Gasteiger partial charge in [0.1, 0.15) is 0 Å². The summed E-state index contributed by atoms with van der Waals surface area (Å²) in [4.78, 5) is 0. The van der Waals surface area contributed by atoms with Gasteiger partial charge >= 0.3 is 0 Å². The lowest BCUT2D eigenvalue weighted by Crippen LogP contribution is -2.43. The van der Waals surface area contributed by atoms with Crippen LogP contribution in [-0.4, -0.2) is 11.2 Å². The monoisotopic (exact) mass is 248 g/mol. The average molecular weight is 248 g/mol. The fourth-order valence-electron chi connectivity index (χ4n) is 2.39. The van der Waals surface area contributed by atoms with Gasteiger partial charge in [0.2, 0.25) is 0 Å². The zero-order chi connectivity index (χ0) is 12.1. The number of hydrogen-bond acceptors (Lipinski definition) is 1. The van der Waals surface area contributed by atoms with Crippen LogP contribution in [0.15, 0.2) is 30.3 Å². The van der Waals surface area contributed by atoms with Crippen molar-refractivity contribution in [3.05, 3.63) is 30.3 Å². The second-order valence-corrected chi connectivity index (χ2v) is 5.24. The summed E-state index contributed by atoms with van der Waals surface area (Å²) in [5.74, 6) is 0.722. The number of anilines is 1. The molecule has 1 fully saturated rings. The van der Waals surface area contributed by atoms with E-state index in [-0.39, 0.29) is 0 Å². The number of benzene rings is 1. The van der Waals surface area contributed by atoms with Crippen LogP contribution in [0.5, 0.6) is 0 Å². The molecular formula is C14H20N2S. The van der Waals surface area contributed by atoms with Gasteiger partial charge in [0.15, 0.2) is 5.11 Å². The Balaban J connectivity index is 1.84. The van der Waals surface area contributed by atoms with E-state index in [0.29, 0.717) is 6.04 Å². The number of hydrogen-bond donors (Lipinski definition) is 2. The lowest BCUT2D eigenvalue weighted by atomic mass is 9.86. The van der Waals surface area contributed by atoms with E-state index in [2.05, 4.69) is 17.6 Å². The minimum atomic E-state index is 0.535. The Morgan fingerprint density at radius 3 is 2.59 bits per heavy atom. The van der Waals surface area contributed by atoms with Crippen molar-refractivity contribution in [3.8, 4) is 0 Å². The highest BCUT2D eigenvalue weighted by molar-refractivity contribution is 7.80. The molecule has 1 aliphatic carbocycles. The number of nitrogens with one attached hydrogen (secondary N) is 2. The van der Waals surface area contributed by atoms with Gasteiger partial charge < -0.3 is 10.6 Å². The molecule has 2 N–H and O–H groups in total. The summed E-state index contributed by atoms with van der Waals surface area (Å²) in [5, 5.41) is 7.41.